The number of phenolic OH excluding ortho intramolecular Hbond substituents is 1. The number of fused-ring (bicyclic) bond motifs is 4. The van der Waals surface area contributed by atoms with Crippen LogP contribution in [0.3, 0.4) is 0 Å². The van der Waals surface area contributed by atoms with Gasteiger partial charge in [0.05, 0.1) is 16.1 Å². The summed E-state index contributed by atoms with van der Waals surface area (Å²) >= 11 is 6.58. The van der Waals surface area contributed by atoms with Gasteiger partial charge in [-0.05, 0) is 85.9 Å². The first-order valence-electron chi connectivity index (χ1n) is 16.3. The number of likely N-dealkylation sites (N-methyl/N-ethyl adjacent to an activating group) is 1. The van der Waals surface area contributed by atoms with E-state index in [1.165, 1.54) is 6.07 Å². The third kappa shape index (κ3) is 5.52. The average Bonchev–Trinajstić information content (AvgIpc) is 3.66. The van der Waals surface area contributed by atoms with Crippen molar-refractivity contribution in [3.63, 3.8) is 0 Å². The van der Waals surface area contributed by atoms with Gasteiger partial charge in [0.15, 0.2) is 11.6 Å². The van der Waals surface area contributed by atoms with Crippen LogP contribution in [0, 0.1) is 17.1 Å². The van der Waals surface area contributed by atoms with Gasteiger partial charge in [-0.25, -0.2) is 4.39 Å². The van der Waals surface area contributed by atoms with E-state index in [0.29, 0.717) is 53.9 Å². The number of aromatic hydroxyl groups is 1. The molecule has 0 saturated carbocycles. The number of hydrogen-bond donors (Lipinski definition) is 2. The summed E-state index contributed by atoms with van der Waals surface area (Å²) in [6.45, 7) is 2.80. The summed E-state index contributed by atoms with van der Waals surface area (Å²) < 4.78 is 30.2. The number of para-hydroxylation sites is 1. The number of aromatic nitrogens is 2. The van der Waals surface area contributed by atoms with Crippen LogP contribution in [0.25, 0.3) is 32.8 Å². The zero-order chi connectivity index (χ0) is 32.9. The second-order valence-electron chi connectivity index (χ2n) is 13.0. The topological polar surface area (TPSA) is 107 Å². The Balaban J connectivity index is 1.37. The molecule has 2 bridgehead atoms. The van der Waals surface area contributed by atoms with Crippen LogP contribution in [0.15, 0.2) is 60.7 Å². The van der Waals surface area contributed by atoms with E-state index in [9.17, 15) is 10.4 Å². The quantitative estimate of drug-likeness (QED) is 0.190. The summed E-state index contributed by atoms with van der Waals surface area (Å²) in [6.07, 6.45) is 4.22. The third-order valence-electron chi connectivity index (χ3n) is 9.86. The van der Waals surface area contributed by atoms with Gasteiger partial charge in [0.25, 0.3) is 0 Å². The van der Waals surface area contributed by atoms with Crippen LogP contribution in [0.2, 0.25) is 5.02 Å². The molecule has 3 aliphatic heterocycles. The molecule has 244 valence electrons. The van der Waals surface area contributed by atoms with Crippen LogP contribution in [0.1, 0.15) is 31.2 Å². The van der Waals surface area contributed by atoms with Gasteiger partial charge >= 0.3 is 6.01 Å². The van der Waals surface area contributed by atoms with E-state index in [1.807, 2.05) is 24.3 Å². The molecule has 1 aromatic heterocycles. The smallest absolute Gasteiger partial charge is 0.319 e. The molecular formula is C37H34ClFN6O3. The number of halogens is 2. The minimum atomic E-state index is -0.659. The molecule has 8 rings (SSSR count). The SMILES string of the molecule is CN1CCC[C@H]1COc1nc(N2CC3CCC(C2)N3)c2cc(Oc3c(Cl)cccc3C#N)c(-c3cc(O)cc4ccccc34)c(F)c2n1. The highest BCUT2D eigenvalue weighted by molar-refractivity contribution is 6.32. The minimum Gasteiger partial charge on any atom is -0.508 e. The van der Waals surface area contributed by atoms with Crippen molar-refractivity contribution < 1.29 is 19.0 Å². The lowest BCUT2D eigenvalue weighted by Crippen LogP contribution is -2.51. The standard InChI is InChI=1S/C37H34ClFN6O3/c1-44-13-5-8-25(44)20-47-37-42-34-29(36(43-37)45-18-23-11-12-24(19-45)41-23)16-31(48-35-22(17-40)7-4-10-30(35)38)32(33(34)39)28-15-26(46)14-21-6-2-3-9-27(21)28/h2-4,6-7,9-10,14-16,23-25,41,46H,5,8,11-13,18-20H2,1H3/t23?,24?,25-/m0/s1. The Hall–Kier alpha value is -4.69. The van der Waals surface area contributed by atoms with Gasteiger partial charge in [-0.1, -0.05) is 41.9 Å². The van der Waals surface area contributed by atoms with Crippen LogP contribution in [0.5, 0.6) is 23.3 Å². The highest BCUT2D eigenvalue weighted by atomic mass is 35.5. The van der Waals surface area contributed by atoms with E-state index in [1.54, 1.807) is 30.3 Å². The van der Waals surface area contributed by atoms with Crippen LogP contribution < -0.4 is 19.7 Å². The predicted molar refractivity (Wildman–Crippen MR) is 184 cm³/mol. The monoisotopic (exact) mass is 664 g/mol. The second-order valence-corrected chi connectivity index (χ2v) is 13.4. The molecule has 9 nitrogen and oxygen atoms in total. The van der Waals surface area contributed by atoms with Gasteiger partial charge < -0.3 is 29.7 Å². The number of likely N-dealkylation sites (tertiary alicyclic amines) is 1. The number of nitrogens with one attached hydrogen (secondary N) is 1. The molecule has 0 radical (unpaired) electrons. The summed E-state index contributed by atoms with van der Waals surface area (Å²) in [5.41, 5.74) is 0.756. The zero-order valence-electron chi connectivity index (χ0n) is 26.4. The Labute approximate surface area is 282 Å². The zero-order valence-corrected chi connectivity index (χ0v) is 27.2. The number of nitrogens with zero attached hydrogens (tertiary/aromatic N) is 5. The van der Waals surface area contributed by atoms with Crippen molar-refractivity contribution in [3.05, 3.63) is 77.1 Å². The van der Waals surface area contributed by atoms with Gasteiger partial charge in [-0.2, -0.15) is 15.2 Å². The van der Waals surface area contributed by atoms with Gasteiger partial charge in [-0.15, -0.1) is 0 Å². The first kappa shape index (κ1) is 30.6. The lowest BCUT2D eigenvalue weighted by molar-refractivity contribution is 0.188. The minimum absolute atomic E-state index is 0.0334. The maximum absolute atomic E-state index is 17.5. The Kier molecular flexibility index (Phi) is 7.91. The molecule has 11 heteroatoms. The van der Waals surface area contributed by atoms with Crippen LogP contribution in [-0.2, 0) is 0 Å². The van der Waals surface area contributed by atoms with Crippen LogP contribution in [0.4, 0.5) is 10.2 Å². The fraction of sp³-hybridized carbons (Fsp3) is 0.324. The van der Waals surface area contributed by atoms with E-state index in [4.69, 9.17) is 31.0 Å². The molecule has 2 unspecified atom stereocenters. The lowest BCUT2D eigenvalue weighted by Gasteiger charge is -2.34. The predicted octanol–water partition coefficient (Wildman–Crippen LogP) is 7.03. The Morgan fingerprint density at radius 3 is 2.62 bits per heavy atom. The Morgan fingerprint density at radius 2 is 1.85 bits per heavy atom. The maximum atomic E-state index is 17.5. The molecule has 4 heterocycles. The molecule has 5 aromatic rings. The number of piperazine rings is 1. The van der Waals surface area contributed by atoms with E-state index in [2.05, 4.69) is 28.2 Å². The highest BCUT2D eigenvalue weighted by Crippen LogP contribution is 2.46. The van der Waals surface area contributed by atoms with Crippen molar-refractivity contribution in [1.29, 1.82) is 5.26 Å². The molecule has 3 aliphatic rings. The number of anilines is 1. The van der Waals surface area contributed by atoms with E-state index >= 15 is 4.39 Å². The highest BCUT2D eigenvalue weighted by Gasteiger charge is 2.35. The first-order chi connectivity index (χ1) is 23.4. The van der Waals surface area contributed by atoms with Gasteiger partial charge in [0.1, 0.15) is 35.5 Å². The number of benzene rings is 4. The number of hydrogen-bond acceptors (Lipinski definition) is 9. The van der Waals surface area contributed by atoms with Gasteiger partial charge in [0.2, 0.25) is 0 Å². The Morgan fingerprint density at radius 1 is 1.04 bits per heavy atom. The number of ether oxygens (including phenoxy) is 2. The van der Waals surface area contributed by atoms with Crippen molar-refractivity contribution in [3.8, 4) is 40.5 Å². The van der Waals surface area contributed by atoms with E-state index in [-0.39, 0.29) is 51.0 Å². The average molecular weight is 665 g/mol. The van der Waals surface area contributed by atoms with E-state index < -0.39 is 5.82 Å². The number of phenols is 1. The Bertz CT molecular complexity index is 2090. The largest absolute Gasteiger partial charge is 0.508 e. The van der Waals surface area contributed by atoms with Crippen LogP contribution in [-0.4, -0.2) is 71.4 Å². The summed E-state index contributed by atoms with van der Waals surface area (Å²) in [5, 5.41) is 26.5. The molecular weight excluding hydrogens is 631 g/mol. The molecule has 48 heavy (non-hydrogen) atoms. The number of rotatable bonds is 7. The summed E-state index contributed by atoms with van der Waals surface area (Å²) in [5.74, 6) is 0.0882. The molecule has 4 aromatic carbocycles. The fourth-order valence-electron chi connectivity index (χ4n) is 7.45. The second kappa shape index (κ2) is 12.4. The molecule has 0 spiro atoms. The molecule has 3 saturated heterocycles. The molecule has 0 amide bonds. The first-order valence-corrected chi connectivity index (χ1v) is 16.7. The van der Waals surface area contributed by atoms with Crippen molar-refractivity contribution in [1.82, 2.24) is 20.2 Å². The van der Waals surface area contributed by atoms with Gasteiger partial charge in [-0.3, -0.25) is 0 Å². The van der Waals surface area contributed by atoms with Crippen molar-refractivity contribution in [2.45, 2.75) is 43.8 Å². The van der Waals surface area contributed by atoms with E-state index in [0.717, 1.165) is 37.6 Å². The fourth-order valence-corrected chi connectivity index (χ4v) is 7.66. The third-order valence-corrected chi connectivity index (χ3v) is 10.2. The lowest BCUT2D eigenvalue weighted by atomic mass is 9.95. The summed E-state index contributed by atoms with van der Waals surface area (Å²) in [7, 11) is 2.08. The molecule has 3 atom stereocenters. The van der Waals surface area contributed by atoms with Gasteiger partial charge in [0, 0.05) is 36.6 Å². The number of nitriles is 1. The normalized spacial score (nSPS) is 20.8. The summed E-state index contributed by atoms with van der Waals surface area (Å²) in [6, 6.07) is 20.2. The molecule has 2 N–H and O–H groups in total. The van der Waals surface area contributed by atoms with Crippen molar-refractivity contribution in [2.24, 2.45) is 0 Å². The maximum Gasteiger partial charge on any atom is 0.319 e. The molecule has 3 fully saturated rings. The van der Waals surface area contributed by atoms with Crippen LogP contribution >= 0.6 is 11.6 Å². The molecule has 0 aliphatic carbocycles. The van der Waals surface area contributed by atoms with Crippen molar-refractivity contribution in [2.75, 3.05) is 38.2 Å². The summed E-state index contributed by atoms with van der Waals surface area (Å²) in [4.78, 5) is 14.1. The van der Waals surface area contributed by atoms with Crippen molar-refractivity contribution >= 4 is 39.1 Å².